The van der Waals surface area contributed by atoms with E-state index in [2.05, 4.69) is 6.92 Å². The van der Waals surface area contributed by atoms with Crippen LogP contribution in [-0.2, 0) is 9.53 Å². The molecule has 1 aliphatic carbocycles. The molecule has 1 aliphatic heterocycles. The SMILES string of the molecule is CC1CCC(OCC(=O)N2C[C@@H](F)C[C@H]2CO)CC1. The molecule has 4 nitrogen and oxygen atoms in total. The molecule has 19 heavy (non-hydrogen) atoms. The number of likely N-dealkylation sites (tertiary alicyclic amines) is 1. The molecule has 2 rings (SSSR count). The highest BCUT2D eigenvalue weighted by atomic mass is 19.1. The summed E-state index contributed by atoms with van der Waals surface area (Å²) < 4.78 is 18.9. The number of nitrogens with zero attached hydrogens (tertiary/aromatic N) is 1. The lowest BCUT2D eigenvalue weighted by atomic mass is 9.89. The second-order valence-corrected chi connectivity index (χ2v) is 5.91. The van der Waals surface area contributed by atoms with Crippen molar-refractivity contribution in [2.75, 3.05) is 19.8 Å². The van der Waals surface area contributed by atoms with E-state index in [1.807, 2.05) is 0 Å². The van der Waals surface area contributed by atoms with Gasteiger partial charge in [-0.2, -0.15) is 0 Å². The van der Waals surface area contributed by atoms with Crippen LogP contribution in [0.15, 0.2) is 0 Å². The molecule has 5 heteroatoms. The van der Waals surface area contributed by atoms with E-state index < -0.39 is 6.17 Å². The molecule has 0 spiro atoms. The summed E-state index contributed by atoms with van der Waals surface area (Å²) in [5, 5.41) is 9.15. The summed E-state index contributed by atoms with van der Waals surface area (Å²) in [6.07, 6.45) is 3.69. The zero-order valence-electron chi connectivity index (χ0n) is 11.6. The first kappa shape index (κ1) is 14.7. The maximum absolute atomic E-state index is 13.3. The van der Waals surface area contributed by atoms with Crippen molar-refractivity contribution in [2.24, 2.45) is 5.92 Å². The molecular weight excluding hydrogens is 249 g/mol. The maximum Gasteiger partial charge on any atom is 0.249 e. The first-order valence-electron chi connectivity index (χ1n) is 7.26. The Labute approximate surface area is 113 Å². The number of amides is 1. The van der Waals surface area contributed by atoms with Crippen molar-refractivity contribution in [3.05, 3.63) is 0 Å². The molecule has 0 unspecified atom stereocenters. The summed E-state index contributed by atoms with van der Waals surface area (Å²) in [6, 6.07) is -0.377. The van der Waals surface area contributed by atoms with Crippen molar-refractivity contribution in [3.63, 3.8) is 0 Å². The van der Waals surface area contributed by atoms with Gasteiger partial charge in [0.15, 0.2) is 0 Å². The molecule has 1 N–H and O–H groups in total. The Morgan fingerprint density at radius 2 is 2.05 bits per heavy atom. The quantitative estimate of drug-likeness (QED) is 0.844. The molecule has 0 bridgehead atoms. The minimum atomic E-state index is -1.02. The summed E-state index contributed by atoms with van der Waals surface area (Å²) in [5.41, 5.74) is 0. The van der Waals surface area contributed by atoms with Crippen molar-refractivity contribution in [1.29, 1.82) is 0 Å². The Bertz CT molecular complexity index is 305. The summed E-state index contributed by atoms with van der Waals surface area (Å²) in [6.45, 7) is 2.17. The monoisotopic (exact) mass is 273 g/mol. The third-order valence-corrected chi connectivity index (χ3v) is 4.30. The fourth-order valence-corrected chi connectivity index (χ4v) is 3.01. The van der Waals surface area contributed by atoms with E-state index in [0.29, 0.717) is 0 Å². The molecule has 1 heterocycles. The van der Waals surface area contributed by atoms with Crippen molar-refractivity contribution < 1.29 is 19.0 Å². The van der Waals surface area contributed by atoms with Gasteiger partial charge in [0.2, 0.25) is 5.91 Å². The van der Waals surface area contributed by atoms with Gasteiger partial charge in [0.05, 0.1) is 25.3 Å². The molecule has 2 atom stereocenters. The summed E-state index contributed by atoms with van der Waals surface area (Å²) >= 11 is 0. The average molecular weight is 273 g/mol. The first-order valence-corrected chi connectivity index (χ1v) is 7.26. The van der Waals surface area contributed by atoms with Crippen molar-refractivity contribution in [1.82, 2.24) is 4.90 Å². The standard InChI is InChI=1S/C14H24FNO3/c1-10-2-4-13(5-3-10)19-9-14(18)16-7-11(15)6-12(16)8-17/h10-13,17H,2-9H2,1H3/t10?,11-,12-,13?/m0/s1. The number of rotatable bonds is 4. The van der Waals surface area contributed by atoms with Crippen LogP contribution in [0.25, 0.3) is 0 Å². The van der Waals surface area contributed by atoms with Gasteiger partial charge >= 0.3 is 0 Å². The van der Waals surface area contributed by atoms with Crippen LogP contribution >= 0.6 is 0 Å². The third kappa shape index (κ3) is 3.89. The predicted molar refractivity (Wildman–Crippen MR) is 69.5 cm³/mol. The molecule has 0 aromatic heterocycles. The van der Waals surface area contributed by atoms with E-state index in [0.717, 1.165) is 31.6 Å². The number of aliphatic hydroxyl groups is 1. The van der Waals surface area contributed by atoms with E-state index in [9.17, 15) is 9.18 Å². The van der Waals surface area contributed by atoms with Crippen molar-refractivity contribution in [2.45, 2.75) is 57.3 Å². The van der Waals surface area contributed by atoms with E-state index in [1.165, 1.54) is 4.90 Å². The zero-order chi connectivity index (χ0) is 13.8. The molecule has 2 fully saturated rings. The Morgan fingerprint density at radius 1 is 1.37 bits per heavy atom. The van der Waals surface area contributed by atoms with Crippen LogP contribution in [0, 0.1) is 5.92 Å². The first-order chi connectivity index (χ1) is 9.10. The lowest BCUT2D eigenvalue weighted by Crippen LogP contribution is -2.41. The molecule has 110 valence electrons. The van der Waals surface area contributed by atoms with Crippen molar-refractivity contribution >= 4 is 5.91 Å². The zero-order valence-corrected chi connectivity index (χ0v) is 11.6. The van der Waals surface area contributed by atoms with Gasteiger partial charge in [0.25, 0.3) is 0 Å². The van der Waals surface area contributed by atoms with Crippen LogP contribution in [0.4, 0.5) is 4.39 Å². The fourth-order valence-electron chi connectivity index (χ4n) is 3.01. The lowest BCUT2D eigenvalue weighted by molar-refractivity contribution is -0.140. The van der Waals surface area contributed by atoms with Crippen LogP contribution in [0.2, 0.25) is 0 Å². The molecule has 0 radical (unpaired) electrons. The third-order valence-electron chi connectivity index (χ3n) is 4.30. The second kappa shape index (κ2) is 6.66. The van der Waals surface area contributed by atoms with Crippen LogP contribution < -0.4 is 0 Å². The van der Waals surface area contributed by atoms with Gasteiger partial charge in [0, 0.05) is 6.42 Å². The number of hydrogen-bond acceptors (Lipinski definition) is 3. The summed E-state index contributed by atoms with van der Waals surface area (Å²) in [5.74, 6) is 0.554. The van der Waals surface area contributed by atoms with Gasteiger partial charge in [-0.25, -0.2) is 4.39 Å². The van der Waals surface area contributed by atoms with Crippen LogP contribution in [0.3, 0.4) is 0 Å². The van der Waals surface area contributed by atoms with Crippen LogP contribution in [0.1, 0.15) is 39.0 Å². The lowest BCUT2D eigenvalue weighted by Gasteiger charge is -2.28. The van der Waals surface area contributed by atoms with Crippen LogP contribution in [0.5, 0.6) is 0 Å². The topological polar surface area (TPSA) is 49.8 Å². The summed E-state index contributed by atoms with van der Waals surface area (Å²) in [4.78, 5) is 13.4. The Balaban J connectivity index is 1.75. The van der Waals surface area contributed by atoms with Crippen molar-refractivity contribution in [3.8, 4) is 0 Å². The van der Waals surface area contributed by atoms with Gasteiger partial charge < -0.3 is 14.7 Å². The largest absolute Gasteiger partial charge is 0.394 e. The van der Waals surface area contributed by atoms with Gasteiger partial charge in [-0.3, -0.25) is 4.79 Å². The molecule has 1 amide bonds. The molecule has 0 aromatic carbocycles. The number of carbonyl (C=O) groups excluding carboxylic acids is 1. The van der Waals surface area contributed by atoms with E-state index in [1.54, 1.807) is 0 Å². The Morgan fingerprint density at radius 3 is 2.68 bits per heavy atom. The minimum absolute atomic E-state index is 0.0161. The Kier molecular flexibility index (Phi) is 5.16. The highest BCUT2D eigenvalue weighted by molar-refractivity contribution is 5.78. The predicted octanol–water partition coefficient (Wildman–Crippen LogP) is 1.51. The average Bonchev–Trinajstić information content (AvgIpc) is 2.79. The highest BCUT2D eigenvalue weighted by Crippen LogP contribution is 2.26. The van der Waals surface area contributed by atoms with Gasteiger partial charge in [-0.15, -0.1) is 0 Å². The smallest absolute Gasteiger partial charge is 0.249 e. The molecular formula is C14H24FNO3. The number of aliphatic hydroxyl groups excluding tert-OH is 1. The molecule has 1 saturated carbocycles. The number of hydrogen-bond donors (Lipinski definition) is 1. The van der Waals surface area contributed by atoms with E-state index in [-0.39, 0.29) is 44.2 Å². The minimum Gasteiger partial charge on any atom is -0.394 e. The Hall–Kier alpha value is -0.680. The highest BCUT2D eigenvalue weighted by Gasteiger charge is 2.35. The normalized spacial score (nSPS) is 35.6. The number of ether oxygens (including phenoxy) is 1. The van der Waals surface area contributed by atoms with Gasteiger partial charge in [-0.05, 0) is 31.6 Å². The van der Waals surface area contributed by atoms with E-state index >= 15 is 0 Å². The summed E-state index contributed by atoms with van der Waals surface area (Å²) in [7, 11) is 0. The second-order valence-electron chi connectivity index (χ2n) is 5.91. The maximum atomic E-state index is 13.3. The van der Waals surface area contributed by atoms with Gasteiger partial charge in [0.1, 0.15) is 12.8 Å². The number of halogens is 1. The molecule has 1 saturated heterocycles. The van der Waals surface area contributed by atoms with E-state index in [4.69, 9.17) is 9.84 Å². The fraction of sp³-hybridized carbons (Fsp3) is 0.929. The molecule has 2 aliphatic rings. The number of alkyl halides is 1. The van der Waals surface area contributed by atoms with Crippen LogP contribution in [-0.4, -0.2) is 54.0 Å². The number of carbonyl (C=O) groups is 1. The molecule has 0 aromatic rings. The van der Waals surface area contributed by atoms with Gasteiger partial charge in [-0.1, -0.05) is 6.92 Å².